The van der Waals surface area contributed by atoms with Gasteiger partial charge in [0.25, 0.3) is 0 Å². The van der Waals surface area contributed by atoms with Crippen molar-refractivity contribution in [1.82, 2.24) is 5.48 Å². The first kappa shape index (κ1) is 14.7. The number of rotatable bonds is 8. The Morgan fingerprint density at radius 3 is 2.83 bits per heavy atom. The van der Waals surface area contributed by atoms with Crippen molar-refractivity contribution < 1.29 is 15.1 Å². The minimum Gasteiger partial charge on any atom is -0.550 e. The van der Waals surface area contributed by atoms with Gasteiger partial charge in [-0.15, -0.1) is 11.3 Å². The van der Waals surface area contributed by atoms with Gasteiger partial charge in [-0.1, -0.05) is 12.5 Å². The molecule has 0 aliphatic rings. The molecule has 0 saturated heterocycles. The summed E-state index contributed by atoms with van der Waals surface area (Å²) in [6, 6.07) is 4.01. The smallest absolute Gasteiger partial charge is 0.0731 e. The Kier molecular flexibility index (Phi) is 6.46. The summed E-state index contributed by atoms with van der Waals surface area (Å²) in [5.41, 5.74) is 2.88. The highest BCUT2D eigenvalue weighted by atomic mass is 32.1. The lowest BCUT2D eigenvalue weighted by Gasteiger charge is -2.02. The van der Waals surface area contributed by atoms with E-state index >= 15 is 0 Å². The van der Waals surface area contributed by atoms with Crippen molar-refractivity contribution >= 4 is 23.0 Å². The number of allylic oxidation sites excluding steroid dienone is 1. The van der Waals surface area contributed by atoms with Crippen LogP contribution in [0.15, 0.2) is 18.2 Å². The van der Waals surface area contributed by atoms with Crippen LogP contribution in [-0.2, 0) is 11.2 Å². The lowest BCUT2D eigenvalue weighted by molar-refractivity contribution is -0.305. The number of aliphatic carboxylic acids is 1. The van der Waals surface area contributed by atoms with Crippen molar-refractivity contribution in [3.8, 4) is 0 Å². The Labute approximate surface area is 111 Å². The monoisotopic (exact) mass is 268 g/mol. The molecule has 2 N–H and O–H groups in total. The van der Waals surface area contributed by atoms with E-state index in [0.717, 1.165) is 24.1 Å². The van der Waals surface area contributed by atoms with Gasteiger partial charge in [0.2, 0.25) is 0 Å². The Bertz CT molecular complexity index is 412. The maximum atomic E-state index is 10.2. The van der Waals surface area contributed by atoms with E-state index < -0.39 is 5.97 Å². The molecule has 1 aromatic heterocycles. The van der Waals surface area contributed by atoms with Crippen LogP contribution >= 0.6 is 11.3 Å². The van der Waals surface area contributed by atoms with Gasteiger partial charge >= 0.3 is 0 Å². The van der Waals surface area contributed by atoms with Crippen LogP contribution in [0, 0.1) is 0 Å². The summed E-state index contributed by atoms with van der Waals surface area (Å²) in [5, 5.41) is 19.1. The summed E-state index contributed by atoms with van der Waals surface area (Å²) in [7, 11) is 0. The topological polar surface area (TPSA) is 72.4 Å². The number of hydrogen-bond acceptors (Lipinski definition) is 5. The van der Waals surface area contributed by atoms with Crippen LogP contribution in [0.25, 0.3) is 5.70 Å². The Hall–Kier alpha value is -1.33. The maximum absolute atomic E-state index is 10.2. The molecule has 0 aliphatic carbocycles. The molecule has 0 aromatic carbocycles. The Balaban J connectivity index is 2.33. The zero-order valence-electron chi connectivity index (χ0n) is 10.4. The quantitative estimate of drug-likeness (QED) is 0.558. The molecule has 1 rings (SSSR count). The fourth-order valence-electron chi connectivity index (χ4n) is 1.66. The fourth-order valence-corrected chi connectivity index (χ4v) is 2.74. The van der Waals surface area contributed by atoms with Gasteiger partial charge in [-0.25, -0.2) is 0 Å². The van der Waals surface area contributed by atoms with Gasteiger partial charge in [-0.05, 0) is 44.7 Å². The van der Waals surface area contributed by atoms with Crippen LogP contribution in [-0.4, -0.2) is 11.2 Å². The maximum Gasteiger partial charge on any atom is 0.0731 e. The number of carboxylic acid groups (broad SMARTS) is 1. The molecule has 0 spiro atoms. The van der Waals surface area contributed by atoms with Gasteiger partial charge in [0.1, 0.15) is 0 Å². The van der Waals surface area contributed by atoms with Crippen LogP contribution < -0.4 is 10.6 Å². The van der Waals surface area contributed by atoms with E-state index in [2.05, 4.69) is 5.48 Å². The molecule has 5 heteroatoms. The molecular weight excluding hydrogens is 250 g/mol. The van der Waals surface area contributed by atoms with Crippen molar-refractivity contribution in [2.24, 2.45) is 0 Å². The van der Waals surface area contributed by atoms with E-state index in [1.807, 2.05) is 25.1 Å². The molecule has 0 bridgehead atoms. The van der Waals surface area contributed by atoms with Crippen molar-refractivity contribution in [2.45, 2.75) is 39.0 Å². The van der Waals surface area contributed by atoms with Crippen LogP contribution in [0.5, 0.6) is 0 Å². The number of thiophene rings is 1. The van der Waals surface area contributed by atoms with E-state index in [1.165, 1.54) is 4.88 Å². The van der Waals surface area contributed by atoms with E-state index in [9.17, 15) is 9.90 Å². The van der Waals surface area contributed by atoms with Gasteiger partial charge < -0.3 is 9.90 Å². The highest BCUT2D eigenvalue weighted by molar-refractivity contribution is 7.13. The average Bonchev–Trinajstić information content (AvgIpc) is 2.79. The summed E-state index contributed by atoms with van der Waals surface area (Å²) in [6.07, 6.45) is 5.46. The molecule has 0 atom stereocenters. The second kappa shape index (κ2) is 7.89. The number of aryl methyl sites for hydroxylation is 1. The lowest BCUT2D eigenvalue weighted by atomic mass is 10.1. The zero-order chi connectivity index (χ0) is 13.4. The number of nitrogens with one attached hydrogen (secondary N) is 1. The van der Waals surface area contributed by atoms with Crippen LogP contribution in [0.1, 0.15) is 42.4 Å². The van der Waals surface area contributed by atoms with Crippen LogP contribution in [0.4, 0.5) is 0 Å². The Morgan fingerprint density at radius 1 is 1.44 bits per heavy atom. The number of carboxylic acids is 1. The summed E-state index contributed by atoms with van der Waals surface area (Å²) < 4.78 is 0. The normalized spacial score (nSPS) is 11.6. The van der Waals surface area contributed by atoms with Gasteiger partial charge in [0.15, 0.2) is 0 Å². The minimum atomic E-state index is -0.972. The first-order valence-corrected chi connectivity index (χ1v) is 6.84. The Morgan fingerprint density at radius 2 is 2.22 bits per heavy atom. The van der Waals surface area contributed by atoms with E-state index in [1.54, 1.807) is 11.3 Å². The third-order valence-electron chi connectivity index (χ3n) is 2.64. The highest BCUT2D eigenvalue weighted by Crippen LogP contribution is 2.24. The zero-order valence-corrected chi connectivity index (χ0v) is 11.3. The predicted octanol–water partition coefficient (Wildman–Crippen LogP) is 1.94. The van der Waals surface area contributed by atoms with E-state index in [0.29, 0.717) is 12.1 Å². The lowest BCUT2D eigenvalue weighted by Crippen LogP contribution is -2.21. The van der Waals surface area contributed by atoms with Gasteiger partial charge in [-0.2, -0.15) is 0 Å². The number of carbonyl (C=O) groups is 1. The molecule has 1 aromatic rings. The van der Waals surface area contributed by atoms with Gasteiger partial charge in [-0.3, -0.25) is 10.7 Å². The molecule has 0 aliphatic heterocycles. The molecule has 1 heterocycles. The third-order valence-corrected chi connectivity index (χ3v) is 3.82. The number of hydroxylamine groups is 1. The molecule has 0 fully saturated rings. The average molecular weight is 268 g/mol. The number of unbranched alkanes of at least 4 members (excludes halogenated alkanes) is 2. The molecule has 18 heavy (non-hydrogen) atoms. The van der Waals surface area contributed by atoms with Crippen molar-refractivity contribution in [1.29, 1.82) is 0 Å². The van der Waals surface area contributed by atoms with Gasteiger partial charge in [0, 0.05) is 10.8 Å². The standard InChI is InChI=1S/C13H19NO3S/c1-2-11(14-17)12-9-8-10(18-12)6-4-3-5-7-13(15)16/h2,8-9,14,17H,3-7H2,1H3,(H,15,16)/p-1/b11-2+. The molecule has 0 saturated carbocycles. The SMILES string of the molecule is C/C=C(/NO)c1ccc(CCCCCC(=O)[O-])s1. The summed E-state index contributed by atoms with van der Waals surface area (Å²) in [4.78, 5) is 12.5. The summed E-state index contributed by atoms with van der Waals surface area (Å²) in [5.74, 6) is -0.972. The van der Waals surface area contributed by atoms with Crippen molar-refractivity contribution in [3.05, 3.63) is 28.0 Å². The van der Waals surface area contributed by atoms with Gasteiger partial charge in [0.05, 0.1) is 10.6 Å². The molecule has 4 nitrogen and oxygen atoms in total. The number of hydrogen-bond donors (Lipinski definition) is 2. The highest BCUT2D eigenvalue weighted by Gasteiger charge is 2.04. The van der Waals surface area contributed by atoms with Crippen molar-refractivity contribution in [2.75, 3.05) is 0 Å². The minimum absolute atomic E-state index is 0.146. The van der Waals surface area contributed by atoms with Crippen LogP contribution in [0.2, 0.25) is 0 Å². The van der Waals surface area contributed by atoms with E-state index in [4.69, 9.17) is 5.21 Å². The predicted molar refractivity (Wildman–Crippen MR) is 70.1 cm³/mol. The largest absolute Gasteiger partial charge is 0.550 e. The molecular formula is C13H18NO3S-. The summed E-state index contributed by atoms with van der Waals surface area (Å²) >= 11 is 1.64. The van der Waals surface area contributed by atoms with Crippen molar-refractivity contribution in [3.63, 3.8) is 0 Å². The first-order valence-electron chi connectivity index (χ1n) is 6.02. The fraction of sp³-hybridized carbons (Fsp3) is 0.462. The number of carbonyl (C=O) groups excluding carboxylic acids is 1. The first-order chi connectivity index (χ1) is 8.67. The molecule has 100 valence electrons. The third kappa shape index (κ3) is 4.89. The molecule has 0 unspecified atom stereocenters. The molecule has 0 amide bonds. The van der Waals surface area contributed by atoms with E-state index in [-0.39, 0.29) is 6.42 Å². The second-order valence-corrected chi connectivity index (χ2v) is 5.18. The second-order valence-electron chi connectivity index (χ2n) is 4.01. The molecule has 0 radical (unpaired) electrons. The summed E-state index contributed by atoms with van der Waals surface area (Å²) in [6.45, 7) is 1.86. The van der Waals surface area contributed by atoms with Crippen LogP contribution in [0.3, 0.4) is 0 Å².